The highest BCUT2D eigenvalue weighted by molar-refractivity contribution is 7.99. The Hall–Kier alpha value is -1.31. The highest BCUT2D eigenvalue weighted by Crippen LogP contribution is 2.32. The van der Waals surface area contributed by atoms with Crippen LogP contribution in [0.3, 0.4) is 0 Å². The molecule has 0 saturated carbocycles. The van der Waals surface area contributed by atoms with Crippen molar-refractivity contribution in [2.75, 3.05) is 34.9 Å². The smallest absolute Gasteiger partial charge is 0.242 e. The van der Waals surface area contributed by atoms with E-state index in [2.05, 4.69) is 15.5 Å². The average molecular weight is 334 g/mol. The summed E-state index contributed by atoms with van der Waals surface area (Å²) in [7, 11) is 0. The van der Waals surface area contributed by atoms with Crippen LogP contribution in [0.5, 0.6) is 0 Å². The van der Waals surface area contributed by atoms with Gasteiger partial charge in [-0.3, -0.25) is 10.1 Å². The monoisotopic (exact) mass is 334 g/mol. The number of nitrogens with zero attached hydrogens (tertiary/aromatic N) is 2. The molecule has 2 saturated heterocycles. The van der Waals surface area contributed by atoms with E-state index in [0.29, 0.717) is 0 Å². The van der Waals surface area contributed by atoms with Gasteiger partial charge in [0.2, 0.25) is 5.91 Å². The van der Waals surface area contributed by atoms with Gasteiger partial charge in [-0.1, -0.05) is 11.3 Å². The molecule has 5 nitrogen and oxygen atoms in total. The Labute approximate surface area is 137 Å². The number of amides is 1. The minimum Gasteiger partial charge on any atom is -0.348 e. The Balaban J connectivity index is 1.53. The van der Waals surface area contributed by atoms with Gasteiger partial charge in [0.15, 0.2) is 5.13 Å². The van der Waals surface area contributed by atoms with Crippen LogP contribution >= 0.6 is 23.1 Å². The molecule has 3 heterocycles. The largest absolute Gasteiger partial charge is 0.348 e. The van der Waals surface area contributed by atoms with Crippen LogP contribution in [-0.4, -0.2) is 41.7 Å². The number of thioether (sulfide) groups is 1. The van der Waals surface area contributed by atoms with Gasteiger partial charge in [0, 0.05) is 30.4 Å². The van der Waals surface area contributed by atoms with E-state index < -0.39 is 0 Å². The van der Waals surface area contributed by atoms with Gasteiger partial charge in [-0.2, -0.15) is 0 Å². The van der Waals surface area contributed by atoms with Gasteiger partial charge in [0.1, 0.15) is 0 Å². The number of hydrogen-bond donors (Lipinski definition) is 2. The van der Waals surface area contributed by atoms with Crippen molar-refractivity contribution in [3.8, 4) is 0 Å². The third-order valence-electron chi connectivity index (χ3n) is 4.05. The quantitative estimate of drug-likeness (QED) is 0.903. The lowest BCUT2D eigenvalue weighted by molar-refractivity contribution is -0.117. The van der Waals surface area contributed by atoms with Crippen molar-refractivity contribution < 1.29 is 4.79 Å². The topological polar surface area (TPSA) is 57.3 Å². The van der Waals surface area contributed by atoms with Gasteiger partial charge in [-0.15, -0.1) is 11.8 Å². The minimum absolute atomic E-state index is 0.0497. The second kappa shape index (κ2) is 6.06. The summed E-state index contributed by atoms with van der Waals surface area (Å²) in [6.45, 7) is 2.21. The zero-order valence-corrected chi connectivity index (χ0v) is 13.8. The van der Waals surface area contributed by atoms with Crippen molar-refractivity contribution in [3.63, 3.8) is 0 Å². The fourth-order valence-corrected chi connectivity index (χ4v) is 4.83. The van der Waals surface area contributed by atoms with Crippen LogP contribution in [0.4, 0.5) is 10.8 Å². The molecule has 0 radical (unpaired) electrons. The van der Waals surface area contributed by atoms with Crippen molar-refractivity contribution in [2.24, 2.45) is 0 Å². The summed E-state index contributed by atoms with van der Waals surface area (Å²) in [6, 6.07) is 5.89. The summed E-state index contributed by atoms with van der Waals surface area (Å²) in [5.41, 5.74) is 1.87. The lowest BCUT2D eigenvalue weighted by Crippen LogP contribution is -2.37. The number of benzene rings is 1. The fraction of sp³-hybridized carbons (Fsp3) is 0.467. The Morgan fingerprint density at radius 1 is 1.36 bits per heavy atom. The predicted molar refractivity (Wildman–Crippen MR) is 93.9 cm³/mol. The molecule has 1 aromatic heterocycles. The molecule has 2 fully saturated rings. The van der Waals surface area contributed by atoms with Crippen molar-refractivity contribution in [1.29, 1.82) is 0 Å². The molecular weight excluding hydrogens is 316 g/mol. The first-order valence-corrected chi connectivity index (χ1v) is 9.54. The van der Waals surface area contributed by atoms with Gasteiger partial charge in [0.05, 0.1) is 16.3 Å². The lowest BCUT2D eigenvalue weighted by Gasteiger charge is -2.11. The van der Waals surface area contributed by atoms with Crippen molar-refractivity contribution >= 4 is 50.0 Å². The number of carbonyl (C=O) groups excluding carboxylic acids is 1. The highest BCUT2D eigenvalue weighted by atomic mass is 32.2. The molecule has 4 rings (SSSR count). The van der Waals surface area contributed by atoms with E-state index in [-0.39, 0.29) is 11.9 Å². The van der Waals surface area contributed by atoms with E-state index >= 15 is 0 Å². The summed E-state index contributed by atoms with van der Waals surface area (Å²) < 4.78 is 1.13. The molecule has 116 valence electrons. The van der Waals surface area contributed by atoms with Crippen LogP contribution in [0.2, 0.25) is 0 Å². The van der Waals surface area contributed by atoms with Crippen LogP contribution in [0.15, 0.2) is 18.2 Å². The standard InChI is InChI=1S/C15H18N4OS2/c20-14(12-8-21-9-16-12)17-10-3-4-11-13(7-10)22-15(18-11)19-5-1-2-6-19/h3-4,7,12,16H,1-2,5-6,8-9H2,(H,17,20). The lowest BCUT2D eigenvalue weighted by atomic mass is 10.2. The summed E-state index contributed by atoms with van der Waals surface area (Å²) >= 11 is 3.47. The Bertz CT molecular complexity index is 690. The van der Waals surface area contributed by atoms with Crippen LogP contribution < -0.4 is 15.5 Å². The average Bonchev–Trinajstić information content (AvgIpc) is 3.26. The van der Waals surface area contributed by atoms with Gasteiger partial charge < -0.3 is 10.2 Å². The zero-order valence-electron chi connectivity index (χ0n) is 12.2. The maximum Gasteiger partial charge on any atom is 0.242 e. The third-order valence-corrected chi connectivity index (χ3v) is 6.07. The van der Waals surface area contributed by atoms with E-state index in [1.807, 2.05) is 18.2 Å². The van der Waals surface area contributed by atoms with E-state index in [1.165, 1.54) is 12.8 Å². The molecule has 0 bridgehead atoms. The summed E-state index contributed by atoms with van der Waals surface area (Å²) in [4.78, 5) is 19.2. The summed E-state index contributed by atoms with van der Waals surface area (Å²) in [5, 5.41) is 7.30. The van der Waals surface area contributed by atoms with Crippen LogP contribution in [0.25, 0.3) is 10.2 Å². The van der Waals surface area contributed by atoms with Gasteiger partial charge in [-0.05, 0) is 31.0 Å². The normalized spacial score (nSPS) is 21.6. The van der Waals surface area contributed by atoms with Gasteiger partial charge in [-0.25, -0.2) is 4.98 Å². The Morgan fingerprint density at radius 2 is 2.23 bits per heavy atom. The van der Waals surface area contributed by atoms with E-state index in [4.69, 9.17) is 4.98 Å². The van der Waals surface area contributed by atoms with E-state index in [9.17, 15) is 4.79 Å². The van der Waals surface area contributed by atoms with Gasteiger partial charge in [0.25, 0.3) is 0 Å². The maximum atomic E-state index is 12.2. The zero-order chi connectivity index (χ0) is 14.9. The number of thiazole rings is 1. The first-order valence-electron chi connectivity index (χ1n) is 7.57. The number of rotatable bonds is 3. The second-order valence-corrected chi connectivity index (χ2v) is 7.67. The molecule has 7 heteroatoms. The molecule has 1 unspecified atom stereocenters. The van der Waals surface area contributed by atoms with Crippen LogP contribution in [0, 0.1) is 0 Å². The SMILES string of the molecule is O=C(Nc1ccc2nc(N3CCCC3)sc2c1)C1CSCN1. The van der Waals surface area contributed by atoms with E-state index in [0.717, 1.165) is 45.8 Å². The number of carbonyl (C=O) groups is 1. The molecule has 0 aliphatic carbocycles. The first kappa shape index (κ1) is 14.3. The number of fused-ring (bicyclic) bond motifs is 1. The molecule has 0 spiro atoms. The highest BCUT2D eigenvalue weighted by Gasteiger charge is 2.22. The fourth-order valence-electron chi connectivity index (χ4n) is 2.83. The molecule has 2 aromatic rings. The molecule has 22 heavy (non-hydrogen) atoms. The summed E-state index contributed by atoms with van der Waals surface area (Å²) in [6.07, 6.45) is 2.51. The molecule has 2 N–H and O–H groups in total. The minimum atomic E-state index is -0.0812. The molecular formula is C15H18N4OS2. The third kappa shape index (κ3) is 2.80. The second-order valence-electron chi connectivity index (χ2n) is 5.63. The van der Waals surface area contributed by atoms with Crippen molar-refractivity contribution in [2.45, 2.75) is 18.9 Å². The van der Waals surface area contributed by atoms with Crippen LogP contribution in [0.1, 0.15) is 12.8 Å². The number of nitrogens with one attached hydrogen (secondary N) is 2. The summed E-state index contributed by atoms with van der Waals surface area (Å²) in [5.74, 6) is 1.74. The van der Waals surface area contributed by atoms with Gasteiger partial charge >= 0.3 is 0 Å². The molecule has 1 aromatic carbocycles. The Morgan fingerprint density at radius 3 is 3.00 bits per heavy atom. The van der Waals surface area contributed by atoms with E-state index in [1.54, 1.807) is 23.1 Å². The van der Waals surface area contributed by atoms with Crippen molar-refractivity contribution in [1.82, 2.24) is 10.3 Å². The molecule has 1 atom stereocenters. The first-order chi connectivity index (χ1) is 10.8. The Kier molecular flexibility index (Phi) is 3.94. The molecule has 1 amide bonds. The predicted octanol–water partition coefficient (Wildman–Crippen LogP) is 2.50. The number of hydrogen-bond acceptors (Lipinski definition) is 6. The van der Waals surface area contributed by atoms with Crippen molar-refractivity contribution in [3.05, 3.63) is 18.2 Å². The molecule has 2 aliphatic rings. The number of aromatic nitrogens is 1. The molecule has 2 aliphatic heterocycles. The van der Waals surface area contributed by atoms with Crippen LogP contribution in [-0.2, 0) is 4.79 Å². The number of anilines is 2. The maximum absolute atomic E-state index is 12.2.